The Morgan fingerprint density at radius 3 is 2.60 bits per heavy atom. The molecule has 0 bridgehead atoms. The van der Waals surface area contributed by atoms with Gasteiger partial charge in [0.05, 0.1) is 11.6 Å². The third-order valence-corrected chi connectivity index (χ3v) is 3.44. The van der Waals surface area contributed by atoms with E-state index >= 15 is 0 Å². The number of benzene rings is 1. The van der Waals surface area contributed by atoms with Crippen LogP contribution in [0.15, 0.2) is 36.5 Å². The fourth-order valence-electron chi connectivity index (χ4n) is 2.52. The van der Waals surface area contributed by atoms with Crippen LogP contribution in [-0.4, -0.2) is 38.1 Å². The lowest BCUT2D eigenvalue weighted by Gasteiger charge is -2.26. The van der Waals surface area contributed by atoms with Crippen molar-refractivity contribution in [3.8, 4) is 0 Å². The lowest BCUT2D eigenvalue weighted by atomic mass is 10.0. The molecule has 0 radical (unpaired) electrons. The van der Waals surface area contributed by atoms with Gasteiger partial charge < -0.3 is 14.8 Å². The molecule has 0 saturated carbocycles. The normalized spacial score (nSPS) is 13.0. The fourth-order valence-corrected chi connectivity index (χ4v) is 2.52. The molecule has 1 aromatic heterocycles. The van der Waals surface area contributed by atoms with Crippen molar-refractivity contribution in [3.63, 3.8) is 0 Å². The Bertz CT molecular complexity index is 535. The summed E-state index contributed by atoms with van der Waals surface area (Å²) >= 11 is 0. The number of aromatic nitrogens is 1. The Hall–Kier alpha value is -1.49. The van der Waals surface area contributed by atoms with Crippen molar-refractivity contribution in [2.24, 2.45) is 0 Å². The summed E-state index contributed by atoms with van der Waals surface area (Å²) in [4.78, 5) is 4.40. The highest BCUT2D eigenvalue weighted by Crippen LogP contribution is 2.19. The van der Waals surface area contributed by atoms with E-state index in [9.17, 15) is 0 Å². The summed E-state index contributed by atoms with van der Waals surface area (Å²) in [6.45, 7) is 2.96. The number of para-hydroxylation sites is 1. The first kappa shape index (κ1) is 14.9. The number of hydrogen-bond donors (Lipinski definition) is 1. The largest absolute Gasteiger partial charge is 0.354 e. The molecule has 1 aromatic carbocycles. The summed E-state index contributed by atoms with van der Waals surface area (Å²) in [5.41, 5.74) is 2.27. The smallest absolute Gasteiger partial charge is 0.172 e. The van der Waals surface area contributed by atoms with Gasteiger partial charge in [-0.2, -0.15) is 0 Å². The molecule has 1 unspecified atom stereocenters. The van der Waals surface area contributed by atoms with E-state index in [4.69, 9.17) is 9.47 Å². The van der Waals surface area contributed by atoms with E-state index in [1.807, 2.05) is 24.4 Å². The minimum Gasteiger partial charge on any atom is -0.354 e. The first-order valence-electron chi connectivity index (χ1n) is 6.91. The number of hydrogen-bond acceptors (Lipinski definition) is 4. The number of fused-ring (bicyclic) bond motifs is 1. The second-order valence-corrected chi connectivity index (χ2v) is 4.70. The molecule has 108 valence electrons. The van der Waals surface area contributed by atoms with Gasteiger partial charge in [-0.1, -0.05) is 25.1 Å². The van der Waals surface area contributed by atoms with Gasteiger partial charge >= 0.3 is 0 Å². The second kappa shape index (κ2) is 7.33. The molecule has 1 N–H and O–H groups in total. The van der Waals surface area contributed by atoms with Crippen LogP contribution in [-0.2, 0) is 15.9 Å². The number of methoxy groups -OCH3 is 2. The zero-order valence-corrected chi connectivity index (χ0v) is 12.3. The van der Waals surface area contributed by atoms with E-state index in [0.29, 0.717) is 0 Å². The van der Waals surface area contributed by atoms with Gasteiger partial charge in [0, 0.05) is 25.8 Å². The molecule has 0 spiro atoms. The maximum absolute atomic E-state index is 5.40. The lowest BCUT2D eigenvalue weighted by Crippen LogP contribution is -2.43. The fraction of sp³-hybridized carbons (Fsp3) is 0.438. The first-order valence-corrected chi connectivity index (χ1v) is 6.91. The van der Waals surface area contributed by atoms with E-state index in [-0.39, 0.29) is 12.3 Å². The predicted molar refractivity (Wildman–Crippen MR) is 80.7 cm³/mol. The molecule has 0 fully saturated rings. The van der Waals surface area contributed by atoms with Crippen LogP contribution < -0.4 is 5.32 Å². The third-order valence-electron chi connectivity index (χ3n) is 3.44. The topological polar surface area (TPSA) is 43.4 Å². The van der Waals surface area contributed by atoms with Gasteiger partial charge in [0.1, 0.15) is 0 Å². The van der Waals surface area contributed by atoms with Gasteiger partial charge in [-0.25, -0.2) is 0 Å². The minimum absolute atomic E-state index is 0.112. The van der Waals surface area contributed by atoms with E-state index in [1.165, 1.54) is 10.9 Å². The number of likely N-dealkylation sites (N-methyl/N-ethyl adjacent to an activating group) is 1. The van der Waals surface area contributed by atoms with Crippen LogP contribution in [0.1, 0.15) is 12.5 Å². The van der Waals surface area contributed by atoms with E-state index in [0.717, 1.165) is 18.5 Å². The molecule has 0 aliphatic heterocycles. The average Bonchev–Trinajstić information content (AvgIpc) is 2.49. The summed E-state index contributed by atoms with van der Waals surface area (Å²) in [7, 11) is 3.34. The molecule has 2 rings (SSSR count). The van der Waals surface area contributed by atoms with E-state index < -0.39 is 0 Å². The standard InChI is InChI=1S/C16H22N2O2/c1-4-17-15(16(19-2)20-3)11-12-9-10-18-14-8-6-5-7-13(12)14/h5-10,15-17H,4,11H2,1-3H3. The molecule has 2 aromatic rings. The average molecular weight is 274 g/mol. The summed E-state index contributed by atoms with van der Waals surface area (Å²) in [5.74, 6) is 0. The van der Waals surface area contributed by atoms with Crippen LogP contribution in [0.5, 0.6) is 0 Å². The SMILES string of the molecule is CCNC(Cc1ccnc2ccccc12)C(OC)OC. The molecule has 1 atom stereocenters. The van der Waals surface area contributed by atoms with Gasteiger partial charge in [-0.15, -0.1) is 0 Å². The van der Waals surface area contributed by atoms with E-state index in [2.05, 4.69) is 29.4 Å². The highest BCUT2D eigenvalue weighted by atomic mass is 16.7. The molecule has 4 heteroatoms. The molecule has 20 heavy (non-hydrogen) atoms. The number of ether oxygens (including phenoxy) is 2. The summed E-state index contributed by atoms with van der Waals surface area (Å²) in [5, 5.41) is 4.61. The second-order valence-electron chi connectivity index (χ2n) is 4.70. The number of pyridine rings is 1. The summed E-state index contributed by atoms with van der Waals surface area (Å²) in [6, 6.07) is 10.4. The van der Waals surface area contributed by atoms with Crippen LogP contribution >= 0.6 is 0 Å². The Morgan fingerprint density at radius 1 is 1.15 bits per heavy atom. The Kier molecular flexibility index (Phi) is 5.47. The van der Waals surface area contributed by atoms with Crippen molar-refractivity contribution in [1.82, 2.24) is 10.3 Å². The minimum atomic E-state index is -0.262. The van der Waals surface area contributed by atoms with Gasteiger partial charge in [-0.05, 0) is 30.7 Å². The van der Waals surface area contributed by atoms with Crippen LogP contribution in [0.2, 0.25) is 0 Å². The molecule has 0 saturated heterocycles. The Balaban J connectivity index is 2.28. The molecule has 4 nitrogen and oxygen atoms in total. The Morgan fingerprint density at radius 2 is 1.90 bits per heavy atom. The first-order chi connectivity index (χ1) is 9.80. The highest BCUT2D eigenvalue weighted by Gasteiger charge is 2.21. The molecule has 0 aliphatic rings. The zero-order valence-electron chi connectivity index (χ0n) is 12.3. The highest BCUT2D eigenvalue weighted by molar-refractivity contribution is 5.81. The van der Waals surface area contributed by atoms with Crippen LogP contribution in [0.4, 0.5) is 0 Å². The molecule has 1 heterocycles. The number of nitrogens with zero attached hydrogens (tertiary/aromatic N) is 1. The lowest BCUT2D eigenvalue weighted by molar-refractivity contribution is -0.122. The predicted octanol–water partition coefficient (Wildman–Crippen LogP) is 2.37. The van der Waals surface area contributed by atoms with Gasteiger partial charge in [-0.3, -0.25) is 4.98 Å². The van der Waals surface area contributed by atoms with Crippen molar-refractivity contribution in [1.29, 1.82) is 0 Å². The Labute approximate surface area is 120 Å². The monoisotopic (exact) mass is 274 g/mol. The maximum atomic E-state index is 5.40. The van der Waals surface area contributed by atoms with Crippen molar-refractivity contribution in [3.05, 3.63) is 42.1 Å². The number of rotatable bonds is 7. The van der Waals surface area contributed by atoms with Gasteiger partial charge in [0.25, 0.3) is 0 Å². The molecule has 0 aliphatic carbocycles. The maximum Gasteiger partial charge on any atom is 0.172 e. The van der Waals surface area contributed by atoms with Crippen LogP contribution in [0.3, 0.4) is 0 Å². The quantitative estimate of drug-likeness (QED) is 0.787. The zero-order chi connectivity index (χ0) is 14.4. The molecular formula is C16H22N2O2. The van der Waals surface area contributed by atoms with Crippen molar-refractivity contribution < 1.29 is 9.47 Å². The summed E-state index contributed by atoms with van der Waals surface area (Å²) in [6.07, 6.45) is 2.43. The van der Waals surface area contributed by atoms with Gasteiger partial charge in [0.15, 0.2) is 6.29 Å². The molecule has 0 amide bonds. The van der Waals surface area contributed by atoms with E-state index in [1.54, 1.807) is 14.2 Å². The molecular weight excluding hydrogens is 252 g/mol. The third kappa shape index (κ3) is 3.33. The van der Waals surface area contributed by atoms with Crippen LogP contribution in [0, 0.1) is 0 Å². The van der Waals surface area contributed by atoms with Crippen molar-refractivity contribution in [2.45, 2.75) is 25.7 Å². The van der Waals surface area contributed by atoms with Crippen LogP contribution in [0.25, 0.3) is 10.9 Å². The summed E-state index contributed by atoms with van der Waals surface area (Å²) < 4.78 is 10.8. The van der Waals surface area contributed by atoms with Gasteiger partial charge in [0.2, 0.25) is 0 Å². The van der Waals surface area contributed by atoms with Crippen molar-refractivity contribution in [2.75, 3.05) is 20.8 Å². The van der Waals surface area contributed by atoms with Crippen molar-refractivity contribution >= 4 is 10.9 Å². The number of nitrogens with one attached hydrogen (secondary N) is 1.